The van der Waals surface area contributed by atoms with E-state index in [9.17, 15) is 9.59 Å². The van der Waals surface area contributed by atoms with E-state index < -0.39 is 6.04 Å². The maximum Gasteiger partial charge on any atom is 0.251 e. The molecule has 1 aromatic carbocycles. The summed E-state index contributed by atoms with van der Waals surface area (Å²) in [4.78, 5) is 30.6. The van der Waals surface area contributed by atoms with Gasteiger partial charge in [0.25, 0.3) is 5.91 Å². The number of carbonyl (C=O) groups is 2. The summed E-state index contributed by atoms with van der Waals surface area (Å²) in [5, 5.41) is 3.52. The van der Waals surface area contributed by atoms with Crippen molar-refractivity contribution in [1.29, 1.82) is 0 Å². The standard InChI is InChI=1S/C17H21N3O2S/c1-11(21)18-15(12-7-3-4-8-12)16(22)20(2)17-19-13-9-5-6-10-14(13)23-17/h5-6,9-10,12,15H,3-4,7-8H2,1-2H3,(H,18,21)/t15-/m1/s1. The topological polar surface area (TPSA) is 62.3 Å². The molecule has 5 nitrogen and oxygen atoms in total. The Morgan fingerprint density at radius 2 is 2.00 bits per heavy atom. The number of nitrogens with zero attached hydrogens (tertiary/aromatic N) is 2. The van der Waals surface area contributed by atoms with E-state index in [0.29, 0.717) is 5.13 Å². The molecule has 1 saturated carbocycles. The molecule has 3 rings (SSSR count). The number of likely N-dealkylation sites (N-methyl/N-ethyl adjacent to an activating group) is 1. The SMILES string of the molecule is CC(=O)N[C@@H](C(=O)N(C)c1nc2ccccc2s1)C1CCCC1. The van der Waals surface area contributed by atoms with Crippen LogP contribution in [0.4, 0.5) is 5.13 Å². The summed E-state index contributed by atoms with van der Waals surface area (Å²) in [5.41, 5.74) is 0.893. The molecule has 1 aliphatic carbocycles. The number of thiazole rings is 1. The molecule has 1 atom stereocenters. The molecule has 23 heavy (non-hydrogen) atoms. The fourth-order valence-corrected chi connectivity index (χ4v) is 4.13. The van der Waals surface area contributed by atoms with Crippen molar-refractivity contribution in [3.8, 4) is 0 Å². The van der Waals surface area contributed by atoms with Crippen LogP contribution in [-0.4, -0.2) is 29.9 Å². The molecule has 6 heteroatoms. The number of anilines is 1. The summed E-state index contributed by atoms with van der Waals surface area (Å²) in [6, 6.07) is 7.39. The van der Waals surface area contributed by atoms with E-state index in [4.69, 9.17) is 0 Å². The highest BCUT2D eigenvalue weighted by Gasteiger charge is 2.34. The van der Waals surface area contributed by atoms with Crippen LogP contribution < -0.4 is 10.2 Å². The van der Waals surface area contributed by atoms with Gasteiger partial charge in [-0.3, -0.25) is 14.5 Å². The van der Waals surface area contributed by atoms with Crippen molar-refractivity contribution in [1.82, 2.24) is 10.3 Å². The van der Waals surface area contributed by atoms with E-state index >= 15 is 0 Å². The molecule has 0 bridgehead atoms. The van der Waals surface area contributed by atoms with Crippen LogP contribution in [0.5, 0.6) is 0 Å². The van der Waals surface area contributed by atoms with Crippen LogP contribution in [-0.2, 0) is 9.59 Å². The van der Waals surface area contributed by atoms with Gasteiger partial charge in [-0.2, -0.15) is 0 Å². The second kappa shape index (κ2) is 6.66. The first-order valence-corrected chi connectivity index (χ1v) is 8.78. The van der Waals surface area contributed by atoms with Gasteiger partial charge >= 0.3 is 0 Å². The minimum Gasteiger partial charge on any atom is -0.344 e. The molecular formula is C17H21N3O2S. The van der Waals surface area contributed by atoms with Gasteiger partial charge in [0.1, 0.15) is 6.04 Å². The zero-order valence-corrected chi connectivity index (χ0v) is 14.2. The molecule has 1 aliphatic rings. The van der Waals surface area contributed by atoms with Crippen LogP contribution in [0.15, 0.2) is 24.3 Å². The lowest BCUT2D eigenvalue weighted by molar-refractivity contribution is -0.127. The van der Waals surface area contributed by atoms with E-state index in [-0.39, 0.29) is 17.7 Å². The average Bonchev–Trinajstić information content (AvgIpc) is 3.19. The zero-order chi connectivity index (χ0) is 16.4. The number of hydrogen-bond acceptors (Lipinski definition) is 4. The highest BCUT2D eigenvalue weighted by Crippen LogP contribution is 2.31. The number of rotatable bonds is 4. The minimum atomic E-state index is -0.452. The number of nitrogens with one attached hydrogen (secondary N) is 1. The molecular weight excluding hydrogens is 310 g/mol. The van der Waals surface area contributed by atoms with Crippen molar-refractivity contribution >= 4 is 38.5 Å². The first-order chi connectivity index (χ1) is 11.1. The van der Waals surface area contributed by atoms with Gasteiger partial charge in [0.2, 0.25) is 5.91 Å². The average molecular weight is 331 g/mol. The second-order valence-electron chi connectivity index (χ2n) is 6.08. The Morgan fingerprint density at radius 1 is 1.30 bits per heavy atom. The lowest BCUT2D eigenvalue weighted by Crippen LogP contribution is -2.50. The summed E-state index contributed by atoms with van der Waals surface area (Å²) >= 11 is 1.49. The number of hydrogen-bond donors (Lipinski definition) is 1. The summed E-state index contributed by atoms with van der Waals surface area (Å²) < 4.78 is 1.05. The van der Waals surface area contributed by atoms with E-state index in [0.717, 1.165) is 35.9 Å². The summed E-state index contributed by atoms with van der Waals surface area (Å²) in [6.45, 7) is 1.47. The van der Waals surface area contributed by atoms with Crippen molar-refractivity contribution in [2.24, 2.45) is 5.92 Å². The third-order valence-corrected chi connectivity index (χ3v) is 5.51. The number of amides is 2. The quantitative estimate of drug-likeness (QED) is 0.937. The lowest BCUT2D eigenvalue weighted by atomic mass is 9.97. The molecule has 0 aliphatic heterocycles. The predicted molar refractivity (Wildman–Crippen MR) is 92.6 cm³/mol. The highest BCUT2D eigenvalue weighted by molar-refractivity contribution is 7.22. The minimum absolute atomic E-state index is 0.0776. The number of benzene rings is 1. The number of fused-ring (bicyclic) bond motifs is 1. The normalized spacial score (nSPS) is 16.4. The van der Waals surface area contributed by atoms with Gasteiger partial charge in [0, 0.05) is 14.0 Å². The van der Waals surface area contributed by atoms with Gasteiger partial charge in [-0.25, -0.2) is 4.98 Å². The van der Waals surface area contributed by atoms with Gasteiger partial charge in [-0.05, 0) is 30.9 Å². The maximum atomic E-state index is 12.9. The van der Waals surface area contributed by atoms with E-state index in [1.165, 1.54) is 18.3 Å². The number of para-hydroxylation sites is 1. The molecule has 0 saturated heterocycles. The van der Waals surface area contributed by atoms with Gasteiger partial charge < -0.3 is 5.32 Å². The Bertz CT molecular complexity index is 688. The van der Waals surface area contributed by atoms with Crippen LogP contribution in [0, 0.1) is 5.92 Å². The first-order valence-electron chi connectivity index (χ1n) is 7.96. The summed E-state index contributed by atoms with van der Waals surface area (Å²) in [6.07, 6.45) is 4.23. The van der Waals surface area contributed by atoms with Crippen molar-refractivity contribution in [3.05, 3.63) is 24.3 Å². The Morgan fingerprint density at radius 3 is 2.65 bits per heavy atom. The van der Waals surface area contributed by atoms with E-state index in [1.807, 2.05) is 24.3 Å². The predicted octanol–water partition coefficient (Wildman–Crippen LogP) is 2.95. The van der Waals surface area contributed by atoms with Crippen LogP contribution in [0.2, 0.25) is 0 Å². The zero-order valence-electron chi connectivity index (χ0n) is 13.4. The smallest absolute Gasteiger partial charge is 0.251 e. The second-order valence-corrected chi connectivity index (χ2v) is 7.09. The van der Waals surface area contributed by atoms with E-state index in [1.54, 1.807) is 11.9 Å². The van der Waals surface area contributed by atoms with Crippen molar-refractivity contribution in [2.45, 2.75) is 38.6 Å². The molecule has 122 valence electrons. The largest absolute Gasteiger partial charge is 0.344 e. The maximum absolute atomic E-state index is 12.9. The molecule has 1 N–H and O–H groups in total. The van der Waals surface area contributed by atoms with Gasteiger partial charge in [-0.1, -0.05) is 36.3 Å². The Kier molecular flexibility index (Phi) is 4.61. The molecule has 2 aromatic rings. The van der Waals surface area contributed by atoms with Crippen LogP contribution in [0.25, 0.3) is 10.2 Å². The fraction of sp³-hybridized carbons (Fsp3) is 0.471. The van der Waals surface area contributed by atoms with Crippen LogP contribution in [0.1, 0.15) is 32.6 Å². The van der Waals surface area contributed by atoms with E-state index in [2.05, 4.69) is 10.3 Å². The molecule has 0 radical (unpaired) electrons. The summed E-state index contributed by atoms with van der Waals surface area (Å²) in [7, 11) is 1.74. The van der Waals surface area contributed by atoms with Gasteiger partial charge in [0.05, 0.1) is 10.2 Å². The van der Waals surface area contributed by atoms with Gasteiger partial charge in [-0.15, -0.1) is 0 Å². The fourth-order valence-electron chi connectivity index (χ4n) is 3.20. The highest BCUT2D eigenvalue weighted by atomic mass is 32.1. The van der Waals surface area contributed by atoms with Gasteiger partial charge in [0.15, 0.2) is 5.13 Å². The molecule has 1 heterocycles. The third-order valence-electron chi connectivity index (χ3n) is 4.40. The number of carbonyl (C=O) groups excluding carboxylic acids is 2. The first kappa shape index (κ1) is 15.9. The lowest BCUT2D eigenvalue weighted by Gasteiger charge is -2.26. The Hall–Kier alpha value is -1.95. The molecule has 0 spiro atoms. The molecule has 0 unspecified atom stereocenters. The number of aromatic nitrogens is 1. The Labute approximate surface area is 139 Å². The molecule has 2 amide bonds. The monoisotopic (exact) mass is 331 g/mol. The van der Waals surface area contributed by atoms with Crippen LogP contribution >= 0.6 is 11.3 Å². The molecule has 1 fully saturated rings. The summed E-state index contributed by atoms with van der Waals surface area (Å²) in [5.74, 6) is -0.0117. The van der Waals surface area contributed by atoms with Crippen molar-refractivity contribution in [2.75, 3.05) is 11.9 Å². The van der Waals surface area contributed by atoms with Crippen molar-refractivity contribution in [3.63, 3.8) is 0 Å². The molecule has 1 aromatic heterocycles. The van der Waals surface area contributed by atoms with Crippen LogP contribution in [0.3, 0.4) is 0 Å². The third kappa shape index (κ3) is 3.37. The van der Waals surface area contributed by atoms with Crippen molar-refractivity contribution < 1.29 is 9.59 Å². The Balaban J connectivity index is 1.84.